The maximum absolute atomic E-state index is 15.6. The van der Waals surface area contributed by atoms with Crippen LogP contribution in [-0.2, 0) is 6.61 Å². The van der Waals surface area contributed by atoms with Gasteiger partial charge in [0.2, 0.25) is 0 Å². The molecule has 3 aromatic rings. The Morgan fingerprint density at radius 1 is 1.06 bits per heavy atom. The van der Waals surface area contributed by atoms with Crippen molar-refractivity contribution in [2.75, 3.05) is 33.2 Å². The Morgan fingerprint density at radius 2 is 1.77 bits per heavy atom. The molecule has 0 aliphatic carbocycles. The van der Waals surface area contributed by atoms with Gasteiger partial charge in [0, 0.05) is 49.6 Å². The van der Waals surface area contributed by atoms with Crippen molar-refractivity contribution < 1.29 is 22.7 Å². The second-order valence-electron chi connectivity index (χ2n) is 8.36. The van der Waals surface area contributed by atoms with E-state index < -0.39 is 28.9 Å². The van der Waals surface area contributed by atoms with E-state index in [2.05, 4.69) is 20.8 Å². The van der Waals surface area contributed by atoms with Crippen LogP contribution in [0.5, 0.6) is 5.75 Å². The van der Waals surface area contributed by atoms with Crippen LogP contribution in [0.2, 0.25) is 0 Å². The molecule has 0 N–H and O–H groups in total. The van der Waals surface area contributed by atoms with Gasteiger partial charge in [-0.25, -0.2) is 13.2 Å². The van der Waals surface area contributed by atoms with Gasteiger partial charge in [-0.2, -0.15) is 0 Å². The molecule has 1 saturated heterocycles. The Hall–Kier alpha value is -3.11. The van der Waals surface area contributed by atoms with Crippen LogP contribution in [0.1, 0.15) is 21.6 Å². The molecule has 0 spiro atoms. The number of ether oxygens (including phenoxy) is 1. The van der Waals surface area contributed by atoms with Crippen molar-refractivity contribution in [2.45, 2.75) is 13.5 Å². The number of benzene rings is 2. The number of piperazine rings is 1. The fraction of sp³-hybridized carbons (Fsp3) is 0.280. The summed E-state index contributed by atoms with van der Waals surface area (Å²) in [5.41, 5.74) is -0.0385. The molecule has 0 unspecified atom stereocenters. The molecule has 0 saturated carbocycles. The van der Waals surface area contributed by atoms with Crippen LogP contribution in [0.4, 0.5) is 13.2 Å². The van der Waals surface area contributed by atoms with Crippen LogP contribution in [0.3, 0.4) is 0 Å². The summed E-state index contributed by atoms with van der Waals surface area (Å²) in [6.45, 7) is 3.52. The third-order valence-corrected chi connectivity index (χ3v) is 6.65. The Bertz CT molecular complexity index is 1340. The first-order valence-corrected chi connectivity index (χ1v) is 11.7. The molecule has 4 rings (SSSR count). The number of rotatable bonds is 5. The molecule has 184 valence electrons. The fourth-order valence-corrected chi connectivity index (χ4v) is 4.46. The van der Waals surface area contributed by atoms with E-state index in [0.29, 0.717) is 31.9 Å². The first kappa shape index (κ1) is 25.0. The van der Waals surface area contributed by atoms with Gasteiger partial charge >= 0.3 is 0 Å². The van der Waals surface area contributed by atoms with E-state index in [1.165, 1.54) is 22.8 Å². The van der Waals surface area contributed by atoms with Gasteiger partial charge in [-0.05, 0) is 54.2 Å². The van der Waals surface area contributed by atoms with Gasteiger partial charge in [0.05, 0.1) is 15.7 Å². The lowest BCUT2D eigenvalue weighted by atomic mass is 10.1. The average molecular weight is 550 g/mol. The maximum atomic E-state index is 15.6. The number of carbonyl (C=O) groups is 1. The Morgan fingerprint density at radius 3 is 2.43 bits per heavy atom. The summed E-state index contributed by atoms with van der Waals surface area (Å²) in [6, 6.07) is 8.82. The van der Waals surface area contributed by atoms with Crippen LogP contribution in [0.25, 0.3) is 5.69 Å². The minimum absolute atomic E-state index is 0.0236. The third-order valence-electron chi connectivity index (χ3n) is 5.94. The summed E-state index contributed by atoms with van der Waals surface area (Å²) in [4.78, 5) is 29.8. The van der Waals surface area contributed by atoms with Crippen molar-refractivity contribution in [2.24, 2.45) is 0 Å². The van der Waals surface area contributed by atoms with Crippen molar-refractivity contribution >= 4 is 21.8 Å². The van der Waals surface area contributed by atoms with E-state index in [-0.39, 0.29) is 33.6 Å². The predicted octanol–water partition coefficient (Wildman–Crippen LogP) is 4.29. The van der Waals surface area contributed by atoms with Gasteiger partial charge in [0.15, 0.2) is 5.82 Å². The minimum Gasteiger partial charge on any atom is -0.487 e. The van der Waals surface area contributed by atoms with Gasteiger partial charge in [-0.3, -0.25) is 14.2 Å². The molecule has 1 aliphatic heterocycles. The molecule has 1 amide bonds. The number of likely N-dealkylation sites (N-methyl/N-ethyl adjacent to an activating group) is 1. The number of halogens is 4. The molecule has 1 aromatic heterocycles. The lowest BCUT2D eigenvalue weighted by Gasteiger charge is -2.33. The zero-order valence-corrected chi connectivity index (χ0v) is 20.7. The van der Waals surface area contributed by atoms with E-state index in [9.17, 15) is 18.4 Å². The maximum Gasteiger partial charge on any atom is 0.257 e. The normalized spacial score (nSPS) is 14.3. The fourth-order valence-electron chi connectivity index (χ4n) is 3.93. The Labute approximate surface area is 208 Å². The van der Waals surface area contributed by atoms with Gasteiger partial charge in [0.25, 0.3) is 11.5 Å². The summed E-state index contributed by atoms with van der Waals surface area (Å²) in [5.74, 6) is -2.91. The molecule has 1 fully saturated rings. The van der Waals surface area contributed by atoms with Crippen molar-refractivity contribution in [1.82, 2.24) is 14.4 Å². The van der Waals surface area contributed by atoms with Gasteiger partial charge in [-0.15, -0.1) is 0 Å². The Kier molecular flexibility index (Phi) is 7.32. The second kappa shape index (κ2) is 10.2. The van der Waals surface area contributed by atoms with Gasteiger partial charge in [0.1, 0.15) is 24.0 Å². The second-order valence-corrected chi connectivity index (χ2v) is 9.15. The third kappa shape index (κ3) is 5.13. The molecule has 0 bridgehead atoms. The largest absolute Gasteiger partial charge is 0.487 e. The van der Waals surface area contributed by atoms with Gasteiger partial charge in [-0.1, -0.05) is 6.07 Å². The van der Waals surface area contributed by atoms with Crippen LogP contribution >= 0.6 is 15.9 Å². The van der Waals surface area contributed by atoms with E-state index in [1.807, 2.05) is 7.05 Å². The predicted molar refractivity (Wildman–Crippen MR) is 129 cm³/mol. The highest BCUT2D eigenvalue weighted by Gasteiger charge is 2.28. The summed E-state index contributed by atoms with van der Waals surface area (Å²) >= 11 is 3.19. The molecule has 0 atom stereocenters. The van der Waals surface area contributed by atoms with E-state index in [0.717, 1.165) is 12.1 Å². The van der Waals surface area contributed by atoms with Crippen molar-refractivity contribution in [1.29, 1.82) is 0 Å². The lowest BCUT2D eigenvalue weighted by Crippen LogP contribution is -2.47. The molecule has 0 radical (unpaired) electrons. The summed E-state index contributed by atoms with van der Waals surface area (Å²) in [6.07, 6.45) is 0. The highest BCUT2D eigenvalue weighted by Crippen LogP contribution is 2.37. The number of amides is 1. The van der Waals surface area contributed by atoms with Crippen molar-refractivity contribution in [3.63, 3.8) is 0 Å². The minimum atomic E-state index is -0.823. The number of nitrogens with zero attached hydrogens (tertiary/aromatic N) is 3. The summed E-state index contributed by atoms with van der Waals surface area (Å²) < 4.78 is 49.8. The zero-order valence-electron chi connectivity index (χ0n) is 19.2. The molecular formula is C25H23BrF3N3O3. The first-order valence-electron chi connectivity index (χ1n) is 10.9. The SMILES string of the molecule is Cc1cccc(=O)n1-c1cc(C(=O)N2CCN(C)CC2)c(OCc2ccc(F)cc2F)c(Br)c1F. The highest BCUT2D eigenvalue weighted by molar-refractivity contribution is 9.10. The van der Waals surface area contributed by atoms with Crippen LogP contribution in [0, 0.1) is 24.4 Å². The first-order chi connectivity index (χ1) is 16.7. The Balaban J connectivity index is 1.81. The molecule has 2 aromatic carbocycles. The standard InChI is InChI=1S/C25H23BrF3N3O3/c1-15-4-3-5-21(33)32(15)20-13-18(25(34)31-10-8-30(2)9-11-31)24(22(26)23(20)29)35-14-16-6-7-17(27)12-19(16)28/h3-7,12-13H,8-11,14H2,1-2H3. The number of aryl methyl sites for hydroxylation is 1. The molecule has 35 heavy (non-hydrogen) atoms. The summed E-state index contributed by atoms with van der Waals surface area (Å²) in [5, 5.41) is 0. The average Bonchev–Trinajstić information content (AvgIpc) is 2.82. The number of hydrogen-bond donors (Lipinski definition) is 0. The topological polar surface area (TPSA) is 54.8 Å². The quantitative estimate of drug-likeness (QED) is 0.476. The number of carbonyl (C=O) groups excluding carboxylic acids is 1. The summed E-state index contributed by atoms with van der Waals surface area (Å²) in [7, 11) is 1.95. The smallest absolute Gasteiger partial charge is 0.257 e. The lowest BCUT2D eigenvalue weighted by molar-refractivity contribution is 0.0659. The molecule has 6 nitrogen and oxygen atoms in total. The van der Waals surface area contributed by atoms with Crippen LogP contribution in [0.15, 0.2) is 51.7 Å². The molecule has 10 heteroatoms. The van der Waals surface area contributed by atoms with E-state index in [1.54, 1.807) is 24.0 Å². The molecule has 1 aliphatic rings. The van der Waals surface area contributed by atoms with Crippen LogP contribution in [-0.4, -0.2) is 53.5 Å². The molecular weight excluding hydrogens is 527 g/mol. The van der Waals surface area contributed by atoms with Crippen molar-refractivity contribution in [3.8, 4) is 11.4 Å². The number of pyridine rings is 1. The van der Waals surface area contributed by atoms with Crippen molar-refractivity contribution in [3.05, 3.63) is 91.6 Å². The van der Waals surface area contributed by atoms with Gasteiger partial charge < -0.3 is 14.5 Å². The zero-order chi connectivity index (χ0) is 25.3. The number of hydrogen-bond acceptors (Lipinski definition) is 4. The van der Waals surface area contributed by atoms with Crippen LogP contribution < -0.4 is 10.3 Å². The van der Waals surface area contributed by atoms with E-state index in [4.69, 9.17) is 4.74 Å². The van der Waals surface area contributed by atoms with E-state index >= 15 is 4.39 Å². The molecule has 2 heterocycles. The monoisotopic (exact) mass is 549 g/mol. The highest BCUT2D eigenvalue weighted by atomic mass is 79.9. The number of aromatic nitrogens is 1.